The van der Waals surface area contributed by atoms with Crippen molar-refractivity contribution in [3.8, 4) is 17.2 Å². The van der Waals surface area contributed by atoms with Crippen LogP contribution in [0.5, 0.6) is 17.2 Å². The lowest BCUT2D eigenvalue weighted by atomic mass is 10.0. The summed E-state index contributed by atoms with van der Waals surface area (Å²) < 4.78 is 8.01. The fourth-order valence-electron chi connectivity index (χ4n) is 3.66. The zero-order valence-corrected chi connectivity index (χ0v) is 14.3. The first-order valence-corrected chi connectivity index (χ1v) is 8.78. The van der Waals surface area contributed by atoms with E-state index in [-0.39, 0.29) is 12.4 Å². The quantitative estimate of drug-likeness (QED) is 0.711. The average Bonchev–Trinajstić information content (AvgIpc) is 2.78. The topological polar surface area (TPSA) is 67.0 Å². The molecule has 0 bridgehead atoms. The Balaban J connectivity index is 1.82. The molecule has 0 spiro atoms. The van der Waals surface area contributed by atoms with Crippen LogP contribution in [-0.2, 0) is 19.4 Å². The van der Waals surface area contributed by atoms with E-state index in [1.54, 1.807) is 6.07 Å². The summed E-state index contributed by atoms with van der Waals surface area (Å²) in [6.07, 6.45) is 7.27. The van der Waals surface area contributed by atoms with Crippen molar-refractivity contribution in [2.45, 2.75) is 45.6 Å². The van der Waals surface area contributed by atoms with E-state index in [4.69, 9.17) is 4.74 Å². The standard InChI is InChI=1S/C20H22N2O3/c1-13-16(12-23)22-11-5-8-18(20(22)21-13)25-19-15-7-4-2-3-6-14(15)9-10-17(19)24/h5,8-11,23-24H,2-4,6-7,12H2,1H3. The van der Waals surface area contributed by atoms with Crippen LogP contribution in [0.3, 0.4) is 0 Å². The minimum absolute atomic E-state index is 0.0809. The summed E-state index contributed by atoms with van der Waals surface area (Å²) in [7, 11) is 0. The number of phenols is 1. The van der Waals surface area contributed by atoms with Crippen LogP contribution in [0.25, 0.3) is 5.65 Å². The predicted molar refractivity (Wildman–Crippen MR) is 95.3 cm³/mol. The molecule has 2 aromatic heterocycles. The van der Waals surface area contributed by atoms with Gasteiger partial charge in [0.05, 0.1) is 18.0 Å². The van der Waals surface area contributed by atoms with Gasteiger partial charge in [-0.3, -0.25) is 4.40 Å². The lowest BCUT2D eigenvalue weighted by Crippen LogP contribution is -1.99. The number of aliphatic hydroxyl groups is 1. The second kappa shape index (κ2) is 6.41. The molecule has 25 heavy (non-hydrogen) atoms. The maximum Gasteiger partial charge on any atom is 0.180 e. The highest BCUT2D eigenvalue weighted by atomic mass is 16.5. The first-order valence-electron chi connectivity index (χ1n) is 8.78. The number of aromatic hydroxyl groups is 1. The maximum absolute atomic E-state index is 10.4. The lowest BCUT2D eigenvalue weighted by molar-refractivity contribution is 0.275. The monoisotopic (exact) mass is 338 g/mol. The zero-order chi connectivity index (χ0) is 17.4. The molecule has 4 rings (SSSR count). The first kappa shape index (κ1) is 16.0. The van der Waals surface area contributed by atoms with Gasteiger partial charge in [0.25, 0.3) is 0 Å². The Hall–Kier alpha value is -2.53. The summed E-state index contributed by atoms with van der Waals surface area (Å²) in [6.45, 7) is 1.79. The SMILES string of the molecule is Cc1nc2c(Oc3c(O)ccc4c3CCCCC4)cccn2c1CO. The Labute approximate surface area is 146 Å². The van der Waals surface area contributed by atoms with Crippen LogP contribution in [-0.4, -0.2) is 19.6 Å². The number of aryl methyl sites for hydroxylation is 2. The van der Waals surface area contributed by atoms with Gasteiger partial charge in [-0.1, -0.05) is 12.5 Å². The highest BCUT2D eigenvalue weighted by molar-refractivity contribution is 5.60. The minimum Gasteiger partial charge on any atom is -0.504 e. The van der Waals surface area contributed by atoms with Crippen molar-refractivity contribution in [3.63, 3.8) is 0 Å². The van der Waals surface area contributed by atoms with Crippen molar-refractivity contribution < 1.29 is 14.9 Å². The van der Waals surface area contributed by atoms with Crippen molar-refractivity contribution in [1.29, 1.82) is 0 Å². The summed E-state index contributed by atoms with van der Waals surface area (Å²) in [6, 6.07) is 7.43. The van der Waals surface area contributed by atoms with Gasteiger partial charge in [0.2, 0.25) is 0 Å². The number of nitrogens with zero attached hydrogens (tertiary/aromatic N) is 2. The molecule has 0 unspecified atom stereocenters. The van der Waals surface area contributed by atoms with E-state index in [1.807, 2.05) is 35.7 Å². The summed E-state index contributed by atoms with van der Waals surface area (Å²) in [4.78, 5) is 4.54. The molecule has 3 aromatic rings. The Morgan fingerprint density at radius 3 is 2.84 bits per heavy atom. The molecular formula is C20H22N2O3. The predicted octanol–water partition coefficient (Wildman–Crippen LogP) is 3.90. The van der Waals surface area contributed by atoms with Gasteiger partial charge < -0.3 is 14.9 Å². The number of benzene rings is 1. The Kier molecular flexibility index (Phi) is 4.09. The van der Waals surface area contributed by atoms with E-state index in [2.05, 4.69) is 4.98 Å². The highest BCUT2D eigenvalue weighted by Crippen LogP contribution is 2.40. The Morgan fingerprint density at radius 2 is 2.00 bits per heavy atom. The van der Waals surface area contributed by atoms with Gasteiger partial charge in [-0.2, -0.15) is 0 Å². The number of hydrogen-bond donors (Lipinski definition) is 2. The third kappa shape index (κ3) is 2.74. The van der Waals surface area contributed by atoms with Crippen LogP contribution in [0, 0.1) is 6.92 Å². The molecule has 130 valence electrons. The van der Waals surface area contributed by atoms with Gasteiger partial charge in [0.15, 0.2) is 22.9 Å². The fraction of sp³-hybridized carbons (Fsp3) is 0.350. The normalized spacial score (nSPS) is 14.3. The molecule has 0 fully saturated rings. The molecule has 0 aliphatic heterocycles. The van der Waals surface area contributed by atoms with Crippen LogP contribution in [0.15, 0.2) is 30.5 Å². The number of phenolic OH excluding ortho intramolecular Hbond substituents is 1. The van der Waals surface area contributed by atoms with Gasteiger partial charge in [-0.15, -0.1) is 0 Å². The molecule has 0 saturated carbocycles. The van der Waals surface area contributed by atoms with E-state index < -0.39 is 0 Å². The number of aliphatic hydroxyl groups excluding tert-OH is 1. The number of pyridine rings is 1. The number of rotatable bonds is 3. The van der Waals surface area contributed by atoms with E-state index in [1.165, 1.54) is 18.4 Å². The number of imidazole rings is 1. The number of fused-ring (bicyclic) bond motifs is 2. The lowest BCUT2D eigenvalue weighted by Gasteiger charge is -2.15. The summed E-state index contributed by atoms with van der Waals surface area (Å²) >= 11 is 0. The second-order valence-corrected chi connectivity index (χ2v) is 6.58. The molecule has 1 aromatic carbocycles. The smallest absolute Gasteiger partial charge is 0.180 e. The van der Waals surface area contributed by atoms with Crippen molar-refractivity contribution in [3.05, 3.63) is 53.0 Å². The Morgan fingerprint density at radius 1 is 1.16 bits per heavy atom. The van der Waals surface area contributed by atoms with Crippen molar-refractivity contribution in [2.24, 2.45) is 0 Å². The third-order valence-electron chi connectivity index (χ3n) is 4.98. The zero-order valence-electron chi connectivity index (χ0n) is 14.3. The van der Waals surface area contributed by atoms with Crippen molar-refractivity contribution in [2.75, 3.05) is 0 Å². The van der Waals surface area contributed by atoms with Crippen molar-refractivity contribution in [1.82, 2.24) is 9.38 Å². The van der Waals surface area contributed by atoms with Crippen LogP contribution in [0.1, 0.15) is 41.8 Å². The van der Waals surface area contributed by atoms with Gasteiger partial charge in [0.1, 0.15) is 0 Å². The molecular weight excluding hydrogens is 316 g/mol. The first-order chi connectivity index (χ1) is 12.2. The number of hydrogen-bond acceptors (Lipinski definition) is 4. The highest BCUT2D eigenvalue weighted by Gasteiger charge is 2.19. The molecule has 0 saturated heterocycles. The molecule has 5 nitrogen and oxygen atoms in total. The van der Waals surface area contributed by atoms with Gasteiger partial charge >= 0.3 is 0 Å². The number of ether oxygens (including phenoxy) is 1. The molecule has 0 amide bonds. The Bertz CT molecular complexity index is 930. The largest absolute Gasteiger partial charge is 0.504 e. The molecule has 2 N–H and O–H groups in total. The summed E-state index contributed by atoms with van der Waals surface area (Å²) in [5, 5.41) is 20.0. The maximum atomic E-state index is 10.4. The minimum atomic E-state index is -0.0809. The summed E-state index contributed by atoms with van der Waals surface area (Å²) in [5.74, 6) is 1.28. The van der Waals surface area contributed by atoms with Crippen LogP contribution in [0.2, 0.25) is 0 Å². The summed E-state index contributed by atoms with van der Waals surface area (Å²) in [5.41, 5.74) is 4.53. The van der Waals surface area contributed by atoms with Gasteiger partial charge in [0, 0.05) is 11.8 Å². The fourth-order valence-corrected chi connectivity index (χ4v) is 3.66. The molecule has 5 heteroatoms. The third-order valence-corrected chi connectivity index (χ3v) is 4.98. The average molecular weight is 338 g/mol. The van der Waals surface area contributed by atoms with E-state index in [0.29, 0.717) is 17.1 Å². The van der Waals surface area contributed by atoms with E-state index in [9.17, 15) is 10.2 Å². The van der Waals surface area contributed by atoms with Gasteiger partial charge in [-0.25, -0.2) is 4.98 Å². The molecule has 0 atom stereocenters. The second-order valence-electron chi connectivity index (χ2n) is 6.58. The van der Waals surface area contributed by atoms with Crippen LogP contribution in [0.4, 0.5) is 0 Å². The van der Waals surface area contributed by atoms with E-state index >= 15 is 0 Å². The van der Waals surface area contributed by atoms with Crippen LogP contribution >= 0.6 is 0 Å². The molecule has 2 heterocycles. The number of aromatic nitrogens is 2. The van der Waals surface area contributed by atoms with E-state index in [0.717, 1.165) is 36.2 Å². The molecule has 1 aliphatic carbocycles. The molecule has 1 aliphatic rings. The molecule has 0 radical (unpaired) electrons. The van der Waals surface area contributed by atoms with Crippen LogP contribution < -0.4 is 4.74 Å². The van der Waals surface area contributed by atoms with Gasteiger partial charge in [-0.05, 0) is 56.4 Å². The van der Waals surface area contributed by atoms with Crippen molar-refractivity contribution >= 4 is 5.65 Å².